The van der Waals surface area contributed by atoms with Gasteiger partial charge in [0, 0.05) is 37.8 Å². The first kappa shape index (κ1) is 13.3. The Morgan fingerprint density at radius 2 is 2.05 bits per heavy atom. The van der Waals surface area contributed by atoms with Gasteiger partial charge in [-0.15, -0.1) is 0 Å². The van der Waals surface area contributed by atoms with Gasteiger partial charge in [0.2, 0.25) is 0 Å². The summed E-state index contributed by atoms with van der Waals surface area (Å²) in [6, 6.07) is 8.53. The molecule has 0 saturated carbocycles. The molecule has 0 aliphatic carbocycles. The maximum atomic E-state index is 5.54. The number of anilines is 1. The summed E-state index contributed by atoms with van der Waals surface area (Å²) in [6.07, 6.45) is 3.06. The summed E-state index contributed by atoms with van der Waals surface area (Å²) in [7, 11) is 1.97. The van der Waals surface area contributed by atoms with Gasteiger partial charge in [-0.1, -0.05) is 24.3 Å². The third-order valence-electron chi connectivity index (χ3n) is 3.75. The summed E-state index contributed by atoms with van der Waals surface area (Å²) in [5.41, 5.74) is 1.25. The molecule has 1 fully saturated rings. The molecule has 20 heavy (non-hydrogen) atoms. The first-order valence-electron chi connectivity index (χ1n) is 7.24. The van der Waals surface area contributed by atoms with Gasteiger partial charge in [-0.25, -0.2) is 4.98 Å². The van der Waals surface area contributed by atoms with Crippen LogP contribution in [0.25, 0.3) is 10.8 Å². The van der Waals surface area contributed by atoms with Gasteiger partial charge in [-0.2, -0.15) is 0 Å². The van der Waals surface area contributed by atoms with Crippen molar-refractivity contribution in [3.63, 3.8) is 0 Å². The van der Waals surface area contributed by atoms with Gasteiger partial charge in [0.05, 0.1) is 6.61 Å². The fourth-order valence-electron chi connectivity index (χ4n) is 2.78. The Labute approximate surface area is 119 Å². The van der Waals surface area contributed by atoms with E-state index in [1.807, 2.05) is 13.2 Å². The molecule has 4 heteroatoms. The smallest absolute Gasteiger partial charge is 0.136 e. The van der Waals surface area contributed by atoms with Gasteiger partial charge in [0.15, 0.2) is 0 Å². The van der Waals surface area contributed by atoms with Gasteiger partial charge in [-0.05, 0) is 24.4 Å². The summed E-state index contributed by atoms with van der Waals surface area (Å²) < 4.78 is 5.54. The summed E-state index contributed by atoms with van der Waals surface area (Å²) in [4.78, 5) is 7.07. The largest absolute Gasteiger partial charge is 0.380 e. The van der Waals surface area contributed by atoms with E-state index >= 15 is 0 Å². The summed E-state index contributed by atoms with van der Waals surface area (Å²) >= 11 is 0. The maximum absolute atomic E-state index is 5.54. The lowest BCUT2D eigenvalue weighted by Gasteiger charge is -2.23. The molecule has 1 aliphatic rings. The van der Waals surface area contributed by atoms with Gasteiger partial charge in [-0.3, -0.25) is 0 Å². The molecule has 1 aliphatic heterocycles. The Balaban J connectivity index is 2.04. The highest BCUT2D eigenvalue weighted by Gasteiger charge is 2.15. The number of ether oxygens (including phenoxy) is 1. The Morgan fingerprint density at radius 1 is 1.20 bits per heavy atom. The minimum absolute atomic E-state index is 0.786. The van der Waals surface area contributed by atoms with Crippen molar-refractivity contribution in [2.24, 2.45) is 0 Å². The molecule has 1 aromatic carbocycles. The van der Waals surface area contributed by atoms with Crippen LogP contribution in [-0.4, -0.2) is 38.3 Å². The molecule has 1 saturated heterocycles. The van der Waals surface area contributed by atoms with Crippen LogP contribution in [0.2, 0.25) is 0 Å². The van der Waals surface area contributed by atoms with E-state index < -0.39 is 0 Å². The highest BCUT2D eigenvalue weighted by molar-refractivity contribution is 5.94. The van der Waals surface area contributed by atoms with Crippen LogP contribution in [0.3, 0.4) is 0 Å². The zero-order valence-electron chi connectivity index (χ0n) is 11.9. The van der Waals surface area contributed by atoms with Crippen molar-refractivity contribution < 1.29 is 4.74 Å². The number of aromatic nitrogens is 1. The van der Waals surface area contributed by atoms with Crippen LogP contribution in [0.1, 0.15) is 12.0 Å². The van der Waals surface area contributed by atoms with Crippen molar-refractivity contribution in [3.05, 3.63) is 36.0 Å². The van der Waals surface area contributed by atoms with Gasteiger partial charge in [0.1, 0.15) is 5.82 Å². The molecule has 2 heterocycles. The summed E-state index contributed by atoms with van der Waals surface area (Å²) in [5.74, 6) is 1.09. The predicted molar refractivity (Wildman–Crippen MR) is 82.2 cm³/mol. The fourth-order valence-corrected chi connectivity index (χ4v) is 2.78. The van der Waals surface area contributed by atoms with Crippen LogP contribution in [0, 0.1) is 0 Å². The van der Waals surface area contributed by atoms with Crippen LogP contribution in [0.5, 0.6) is 0 Å². The molecular formula is C16H21N3O. The quantitative estimate of drug-likeness (QED) is 0.928. The maximum Gasteiger partial charge on any atom is 0.136 e. The average molecular weight is 271 g/mol. The zero-order chi connectivity index (χ0) is 13.8. The van der Waals surface area contributed by atoms with E-state index in [0.717, 1.165) is 45.1 Å². The van der Waals surface area contributed by atoms with E-state index in [1.165, 1.54) is 16.3 Å². The summed E-state index contributed by atoms with van der Waals surface area (Å²) in [6.45, 7) is 4.42. The normalized spacial score (nSPS) is 16.4. The Bertz CT molecular complexity index is 577. The van der Waals surface area contributed by atoms with Crippen molar-refractivity contribution >= 4 is 16.6 Å². The van der Waals surface area contributed by atoms with E-state index in [9.17, 15) is 0 Å². The lowest BCUT2D eigenvalue weighted by molar-refractivity contribution is 0.152. The minimum Gasteiger partial charge on any atom is -0.380 e. The van der Waals surface area contributed by atoms with Crippen LogP contribution in [-0.2, 0) is 11.3 Å². The van der Waals surface area contributed by atoms with Crippen molar-refractivity contribution in [2.75, 3.05) is 38.3 Å². The van der Waals surface area contributed by atoms with Gasteiger partial charge >= 0.3 is 0 Å². The Hall–Kier alpha value is -1.65. The highest BCUT2D eigenvalue weighted by Crippen LogP contribution is 2.27. The SMILES string of the molecule is CNCc1cnc(N2CCCOCC2)c2ccccc12. The molecule has 0 bridgehead atoms. The molecule has 0 radical (unpaired) electrons. The second kappa shape index (κ2) is 6.20. The van der Waals surface area contributed by atoms with Crippen molar-refractivity contribution in [3.8, 4) is 0 Å². The number of nitrogens with one attached hydrogen (secondary N) is 1. The molecular weight excluding hydrogens is 250 g/mol. The van der Waals surface area contributed by atoms with Crippen molar-refractivity contribution in [2.45, 2.75) is 13.0 Å². The van der Waals surface area contributed by atoms with Crippen LogP contribution < -0.4 is 10.2 Å². The molecule has 1 aromatic heterocycles. The molecule has 2 aromatic rings. The molecule has 0 unspecified atom stereocenters. The highest BCUT2D eigenvalue weighted by atomic mass is 16.5. The number of nitrogens with zero attached hydrogens (tertiary/aromatic N) is 2. The number of pyridine rings is 1. The molecule has 106 valence electrons. The molecule has 1 N–H and O–H groups in total. The molecule has 4 nitrogen and oxygen atoms in total. The fraction of sp³-hybridized carbons (Fsp3) is 0.438. The monoisotopic (exact) mass is 271 g/mol. The zero-order valence-corrected chi connectivity index (χ0v) is 11.9. The standard InChI is InChI=1S/C16H21N3O/c1-17-11-13-12-18-16(15-6-3-2-5-14(13)15)19-7-4-9-20-10-8-19/h2-3,5-6,12,17H,4,7-11H2,1H3. The topological polar surface area (TPSA) is 37.4 Å². The van der Waals surface area contributed by atoms with E-state index in [1.54, 1.807) is 0 Å². The van der Waals surface area contributed by atoms with E-state index in [4.69, 9.17) is 9.72 Å². The molecule has 0 atom stereocenters. The van der Waals surface area contributed by atoms with Crippen molar-refractivity contribution in [1.29, 1.82) is 0 Å². The van der Waals surface area contributed by atoms with Crippen LogP contribution in [0.4, 0.5) is 5.82 Å². The number of benzene rings is 1. The predicted octanol–water partition coefficient (Wildman–Crippen LogP) is 2.18. The van der Waals surface area contributed by atoms with Gasteiger partial charge in [0.25, 0.3) is 0 Å². The average Bonchev–Trinajstić information content (AvgIpc) is 2.77. The molecule has 3 rings (SSSR count). The molecule has 0 amide bonds. The number of rotatable bonds is 3. The van der Waals surface area contributed by atoms with Crippen LogP contribution >= 0.6 is 0 Å². The number of hydrogen-bond acceptors (Lipinski definition) is 4. The first-order chi connectivity index (χ1) is 9.90. The van der Waals surface area contributed by atoms with E-state index in [2.05, 4.69) is 34.5 Å². The van der Waals surface area contributed by atoms with Gasteiger partial charge < -0.3 is 15.0 Å². The van der Waals surface area contributed by atoms with E-state index in [-0.39, 0.29) is 0 Å². The Morgan fingerprint density at radius 3 is 2.90 bits per heavy atom. The van der Waals surface area contributed by atoms with E-state index in [0.29, 0.717) is 0 Å². The summed E-state index contributed by atoms with van der Waals surface area (Å²) in [5, 5.41) is 5.74. The Kier molecular flexibility index (Phi) is 4.14. The third-order valence-corrected chi connectivity index (χ3v) is 3.75. The van der Waals surface area contributed by atoms with Crippen molar-refractivity contribution in [1.82, 2.24) is 10.3 Å². The number of hydrogen-bond donors (Lipinski definition) is 1. The minimum atomic E-state index is 0.786. The third kappa shape index (κ3) is 2.62. The van der Waals surface area contributed by atoms with Crippen LogP contribution in [0.15, 0.2) is 30.5 Å². The second-order valence-corrected chi connectivity index (χ2v) is 5.14. The second-order valence-electron chi connectivity index (χ2n) is 5.14. The lowest BCUT2D eigenvalue weighted by Crippen LogP contribution is -2.27. The molecule has 0 spiro atoms. The first-order valence-corrected chi connectivity index (χ1v) is 7.24. The number of fused-ring (bicyclic) bond motifs is 1. The lowest BCUT2D eigenvalue weighted by atomic mass is 10.1.